The van der Waals surface area contributed by atoms with Crippen LogP contribution in [0.3, 0.4) is 0 Å². The molecule has 1 atom stereocenters. The highest BCUT2D eigenvalue weighted by molar-refractivity contribution is 6.32. The number of aliphatic hydroxyl groups excluding tert-OH is 1. The summed E-state index contributed by atoms with van der Waals surface area (Å²) in [7, 11) is 2.76. The average Bonchev–Trinajstić information content (AvgIpc) is 2.27. The molecule has 18 heavy (non-hydrogen) atoms. The zero-order chi connectivity index (χ0) is 13.9. The molecule has 0 aromatic heterocycles. The number of ether oxygens (including phenoxy) is 1. The van der Waals surface area contributed by atoms with Crippen LogP contribution in [0.1, 0.15) is 17.2 Å². The van der Waals surface area contributed by atoms with Crippen LogP contribution in [0.15, 0.2) is 12.1 Å². The molecule has 2 N–H and O–H groups in total. The van der Waals surface area contributed by atoms with Crippen LogP contribution in [-0.2, 0) is 6.18 Å². The number of halogens is 4. The summed E-state index contributed by atoms with van der Waals surface area (Å²) in [4.78, 5) is 0. The molecule has 0 bridgehead atoms. The number of aliphatic hydroxyl groups is 1. The lowest BCUT2D eigenvalue weighted by Gasteiger charge is -2.19. The first-order valence-corrected chi connectivity index (χ1v) is 5.46. The van der Waals surface area contributed by atoms with E-state index < -0.39 is 17.8 Å². The minimum atomic E-state index is -4.58. The third-order valence-corrected chi connectivity index (χ3v) is 2.68. The topological polar surface area (TPSA) is 41.5 Å². The van der Waals surface area contributed by atoms with Gasteiger partial charge in [-0.05, 0) is 24.7 Å². The lowest BCUT2D eigenvalue weighted by molar-refractivity contribution is -0.139. The molecule has 0 aliphatic heterocycles. The van der Waals surface area contributed by atoms with Crippen molar-refractivity contribution in [1.29, 1.82) is 0 Å². The Morgan fingerprint density at radius 1 is 1.44 bits per heavy atom. The molecule has 1 aromatic carbocycles. The van der Waals surface area contributed by atoms with Gasteiger partial charge in [0.1, 0.15) is 5.75 Å². The maximum Gasteiger partial charge on any atom is 0.416 e. The van der Waals surface area contributed by atoms with Gasteiger partial charge in [-0.25, -0.2) is 0 Å². The first kappa shape index (κ1) is 15.1. The number of methoxy groups -OCH3 is 1. The maximum atomic E-state index is 12.9. The summed E-state index contributed by atoms with van der Waals surface area (Å²) in [6, 6.07) is 1.86. The first-order valence-electron chi connectivity index (χ1n) is 5.08. The van der Waals surface area contributed by atoms with Crippen molar-refractivity contribution in [2.45, 2.75) is 12.3 Å². The molecule has 102 valence electrons. The Morgan fingerprint density at radius 3 is 2.50 bits per heavy atom. The molecule has 7 heteroatoms. The van der Waals surface area contributed by atoms with E-state index in [0.717, 1.165) is 12.1 Å². The molecule has 1 unspecified atom stereocenters. The van der Waals surface area contributed by atoms with E-state index in [0.29, 0.717) is 0 Å². The number of alkyl halides is 3. The standard InChI is InChI=1S/C11H13ClF3NO2/c1-16-5-9(17)6-3-8(12)10(18-2)4-7(6)11(13,14)15/h3-4,9,16-17H,5H2,1-2H3. The van der Waals surface area contributed by atoms with Gasteiger partial charge in [0.15, 0.2) is 0 Å². The lowest BCUT2D eigenvalue weighted by atomic mass is 10.0. The zero-order valence-corrected chi connectivity index (χ0v) is 10.6. The highest BCUT2D eigenvalue weighted by atomic mass is 35.5. The smallest absolute Gasteiger partial charge is 0.416 e. The fourth-order valence-electron chi connectivity index (χ4n) is 1.55. The van der Waals surface area contributed by atoms with Crippen molar-refractivity contribution in [3.8, 4) is 5.75 Å². The van der Waals surface area contributed by atoms with Gasteiger partial charge in [0.2, 0.25) is 0 Å². The van der Waals surface area contributed by atoms with Gasteiger partial charge < -0.3 is 15.2 Å². The molecule has 0 aliphatic carbocycles. The number of benzene rings is 1. The predicted octanol–water partition coefficient (Wildman–Crippen LogP) is 2.62. The fraction of sp³-hybridized carbons (Fsp3) is 0.455. The molecule has 0 spiro atoms. The number of nitrogens with one attached hydrogen (secondary N) is 1. The van der Waals surface area contributed by atoms with E-state index in [9.17, 15) is 18.3 Å². The Morgan fingerprint density at radius 2 is 2.06 bits per heavy atom. The van der Waals surface area contributed by atoms with Crippen LogP contribution in [0.5, 0.6) is 5.75 Å². The lowest BCUT2D eigenvalue weighted by Crippen LogP contribution is -2.20. The molecule has 1 aromatic rings. The van der Waals surface area contributed by atoms with Crippen molar-refractivity contribution in [3.63, 3.8) is 0 Å². The van der Waals surface area contributed by atoms with Gasteiger partial charge in [-0.15, -0.1) is 0 Å². The Bertz CT molecular complexity index is 423. The summed E-state index contributed by atoms with van der Waals surface area (Å²) >= 11 is 5.77. The Kier molecular flexibility index (Phi) is 4.84. The molecule has 1 rings (SSSR count). The number of hydrogen-bond acceptors (Lipinski definition) is 3. The maximum absolute atomic E-state index is 12.9. The summed E-state index contributed by atoms with van der Waals surface area (Å²) in [5.74, 6) is -0.0793. The van der Waals surface area contributed by atoms with E-state index in [1.54, 1.807) is 0 Å². The van der Waals surface area contributed by atoms with E-state index in [4.69, 9.17) is 16.3 Å². The van der Waals surface area contributed by atoms with Crippen LogP contribution in [0, 0.1) is 0 Å². The van der Waals surface area contributed by atoms with Crippen LogP contribution in [-0.4, -0.2) is 25.8 Å². The normalized spacial score (nSPS) is 13.5. The Balaban J connectivity index is 3.34. The number of hydrogen-bond donors (Lipinski definition) is 2. The van der Waals surface area contributed by atoms with Crippen molar-refractivity contribution in [2.75, 3.05) is 20.7 Å². The molecule has 0 amide bonds. The highest BCUT2D eigenvalue weighted by Crippen LogP contribution is 2.39. The minimum absolute atomic E-state index is 0.00820. The highest BCUT2D eigenvalue weighted by Gasteiger charge is 2.36. The van der Waals surface area contributed by atoms with Gasteiger partial charge in [-0.3, -0.25) is 0 Å². The first-order chi connectivity index (χ1) is 8.31. The van der Waals surface area contributed by atoms with E-state index in [1.807, 2.05) is 0 Å². The van der Waals surface area contributed by atoms with Gasteiger partial charge in [-0.1, -0.05) is 11.6 Å². The summed E-state index contributed by atoms with van der Waals surface area (Å²) < 4.78 is 43.3. The number of likely N-dealkylation sites (N-methyl/N-ethyl adjacent to an activating group) is 1. The van der Waals surface area contributed by atoms with Gasteiger partial charge in [0.25, 0.3) is 0 Å². The quantitative estimate of drug-likeness (QED) is 0.892. The van der Waals surface area contributed by atoms with Crippen molar-refractivity contribution in [2.24, 2.45) is 0 Å². The SMILES string of the molecule is CNCC(O)c1cc(Cl)c(OC)cc1C(F)(F)F. The largest absolute Gasteiger partial charge is 0.495 e. The molecule has 3 nitrogen and oxygen atoms in total. The second-order valence-corrected chi connectivity index (χ2v) is 4.05. The Hall–Kier alpha value is -0.980. The van der Waals surface area contributed by atoms with E-state index in [-0.39, 0.29) is 22.9 Å². The van der Waals surface area contributed by atoms with E-state index in [2.05, 4.69) is 5.32 Å². The minimum Gasteiger partial charge on any atom is -0.495 e. The van der Waals surface area contributed by atoms with Crippen molar-refractivity contribution < 1.29 is 23.0 Å². The van der Waals surface area contributed by atoms with Gasteiger partial charge in [0, 0.05) is 6.54 Å². The van der Waals surface area contributed by atoms with Gasteiger partial charge >= 0.3 is 6.18 Å². The second kappa shape index (κ2) is 5.77. The van der Waals surface area contributed by atoms with Crippen LogP contribution in [0.25, 0.3) is 0 Å². The molecule has 0 saturated heterocycles. The van der Waals surface area contributed by atoms with Crippen molar-refractivity contribution in [3.05, 3.63) is 28.3 Å². The summed E-state index contributed by atoms with van der Waals surface area (Å²) in [6.07, 6.45) is -5.88. The van der Waals surface area contributed by atoms with Crippen molar-refractivity contribution in [1.82, 2.24) is 5.32 Å². The third-order valence-electron chi connectivity index (χ3n) is 2.39. The zero-order valence-electron chi connectivity index (χ0n) is 9.81. The molecule has 0 radical (unpaired) electrons. The predicted molar refractivity (Wildman–Crippen MR) is 61.9 cm³/mol. The van der Waals surface area contributed by atoms with Gasteiger partial charge in [-0.2, -0.15) is 13.2 Å². The van der Waals surface area contributed by atoms with E-state index >= 15 is 0 Å². The monoisotopic (exact) mass is 283 g/mol. The number of rotatable bonds is 4. The second-order valence-electron chi connectivity index (χ2n) is 3.65. The van der Waals surface area contributed by atoms with Crippen LogP contribution in [0.2, 0.25) is 5.02 Å². The average molecular weight is 284 g/mol. The fourth-order valence-corrected chi connectivity index (χ4v) is 1.80. The molecule has 0 saturated carbocycles. The van der Waals surface area contributed by atoms with Crippen LogP contribution >= 0.6 is 11.6 Å². The molecule has 0 heterocycles. The Labute approximate surface area is 108 Å². The third kappa shape index (κ3) is 3.28. The molecular formula is C11H13ClF3NO2. The van der Waals surface area contributed by atoms with E-state index in [1.165, 1.54) is 14.2 Å². The molecular weight excluding hydrogens is 271 g/mol. The summed E-state index contributed by atoms with van der Waals surface area (Å²) in [5, 5.41) is 12.3. The molecule has 0 fully saturated rings. The van der Waals surface area contributed by atoms with Crippen LogP contribution < -0.4 is 10.1 Å². The van der Waals surface area contributed by atoms with Crippen LogP contribution in [0.4, 0.5) is 13.2 Å². The van der Waals surface area contributed by atoms with Gasteiger partial charge in [0.05, 0.1) is 23.8 Å². The summed E-state index contributed by atoms with van der Waals surface area (Å²) in [5.41, 5.74) is -1.23. The summed E-state index contributed by atoms with van der Waals surface area (Å²) in [6.45, 7) is -0.00820. The molecule has 0 aliphatic rings. The van der Waals surface area contributed by atoms with Crippen molar-refractivity contribution >= 4 is 11.6 Å².